The van der Waals surface area contributed by atoms with Crippen LogP contribution in [0.25, 0.3) is 0 Å². The van der Waals surface area contributed by atoms with Crippen LogP contribution < -0.4 is 10.6 Å². The standard InChI is InChI=1S/C7H6ClNO3/c8-12-11-6-3-1-2-5(4-6)7(9)10/h1-4H,(H2,9,10). The van der Waals surface area contributed by atoms with E-state index in [4.69, 9.17) is 17.6 Å². The molecule has 0 atom stereocenters. The molecule has 0 bridgehead atoms. The average Bonchev–Trinajstić information content (AvgIpc) is 2.05. The van der Waals surface area contributed by atoms with Crippen LogP contribution in [-0.2, 0) is 4.44 Å². The summed E-state index contributed by atoms with van der Waals surface area (Å²) in [6.07, 6.45) is 0. The summed E-state index contributed by atoms with van der Waals surface area (Å²) in [7, 11) is 0. The Balaban J connectivity index is 2.88. The Hall–Kier alpha value is -1.26. The van der Waals surface area contributed by atoms with Crippen molar-refractivity contribution >= 4 is 17.8 Å². The van der Waals surface area contributed by atoms with Crippen LogP contribution in [0.3, 0.4) is 0 Å². The van der Waals surface area contributed by atoms with E-state index in [1.165, 1.54) is 6.07 Å². The van der Waals surface area contributed by atoms with E-state index in [0.29, 0.717) is 11.3 Å². The molecule has 5 heteroatoms. The number of carbonyl (C=O) groups excluding carboxylic acids is 1. The molecule has 0 unspecified atom stereocenters. The molecule has 0 fully saturated rings. The molecule has 1 rings (SSSR count). The zero-order chi connectivity index (χ0) is 8.97. The summed E-state index contributed by atoms with van der Waals surface area (Å²) in [6.45, 7) is 0. The molecule has 2 N–H and O–H groups in total. The Labute approximate surface area is 73.9 Å². The maximum absolute atomic E-state index is 10.7. The third-order valence-corrected chi connectivity index (χ3v) is 1.31. The normalized spacial score (nSPS) is 9.42. The average molecular weight is 188 g/mol. The van der Waals surface area contributed by atoms with E-state index in [9.17, 15) is 4.79 Å². The summed E-state index contributed by atoms with van der Waals surface area (Å²) >= 11 is 4.83. The third-order valence-electron chi connectivity index (χ3n) is 1.25. The van der Waals surface area contributed by atoms with Crippen LogP contribution in [0.4, 0.5) is 0 Å². The van der Waals surface area contributed by atoms with E-state index in [2.05, 4.69) is 9.33 Å². The number of hydrogen-bond acceptors (Lipinski definition) is 3. The molecule has 0 radical (unpaired) electrons. The maximum Gasteiger partial charge on any atom is 0.248 e. The summed E-state index contributed by atoms with van der Waals surface area (Å²) < 4.78 is 3.88. The highest BCUT2D eigenvalue weighted by Gasteiger charge is 2.01. The van der Waals surface area contributed by atoms with Gasteiger partial charge in [-0.05, 0) is 18.2 Å². The molecule has 0 aliphatic carbocycles. The predicted octanol–water partition coefficient (Wildman–Crippen LogP) is 1.25. The van der Waals surface area contributed by atoms with Crippen LogP contribution in [0.5, 0.6) is 5.75 Å². The van der Waals surface area contributed by atoms with Gasteiger partial charge >= 0.3 is 0 Å². The smallest absolute Gasteiger partial charge is 0.248 e. The molecule has 0 aliphatic rings. The van der Waals surface area contributed by atoms with Crippen molar-refractivity contribution in [2.75, 3.05) is 0 Å². The van der Waals surface area contributed by atoms with Gasteiger partial charge in [-0.2, -0.15) is 0 Å². The van der Waals surface area contributed by atoms with Gasteiger partial charge in [-0.1, -0.05) is 10.5 Å². The number of benzene rings is 1. The van der Waals surface area contributed by atoms with Crippen LogP contribution in [0, 0.1) is 0 Å². The SMILES string of the molecule is NC(=O)c1cccc(OOCl)c1. The number of rotatable bonds is 3. The highest BCUT2D eigenvalue weighted by Crippen LogP contribution is 2.13. The first-order valence-corrected chi connectivity index (χ1v) is 3.40. The fourth-order valence-electron chi connectivity index (χ4n) is 0.738. The Bertz CT molecular complexity index is 290. The van der Waals surface area contributed by atoms with Crippen LogP contribution in [0.1, 0.15) is 10.4 Å². The van der Waals surface area contributed by atoms with E-state index >= 15 is 0 Å². The molecule has 0 heterocycles. The Morgan fingerprint density at radius 3 is 2.83 bits per heavy atom. The molecule has 0 saturated carbocycles. The lowest BCUT2D eigenvalue weighted by atomic mass is 10.2. The lowest BCUT2D eigenvalue weighted by molar-refractivity contribution is -0.0918. The topological polar surface area (TPSA) is 61.6 Å². The second-order valence-electron chi connectivity index (χ2n) is 2.04. The first-order valence-electron chi connectivity index (χ1n) is 3.09. The van der Waals surface area contributed by atoms with Crippen molar-refractivity contribution in [3.05, 3.63) is 29.8 Å². The number of hydrogen-bond donors (Lipinski definition) is 1. The summed E-state index contributed by atoms with van der Waals surface area (Å²) in [4.78, 5) is 15.1. The van der Waals surface area contributed by atoms with Crippen LogP contribution in [-0.4, -0.2) is 5.91 Å². The van der Waals surface area contributed by atoms with Gasteiger partial charge in [0.15, 0.2) is 5.75 Å². The van der Waals surface area contributed by atoms with E-state index in [1.807, 2.05) is 0 Å². The van der Waals surface area contributed by atoms with Crippen molar-refractivity contribution < 1.29 is 14.1 Å². The maximum atomic E-state index is 10.7. The molecule has 0 saturated heterocycles. The summed E-state index contributed by atoms with van der Waals surface area (Å²) in [5.41, 5.74) is 5.34. The van der Waals surface area contributed by atoms with Crippen molar-refractivity contribution in [1.29, 1.82) is 0 Å². The fraction of sp³-hybridized carbons (Fsp3) is 0. The minimum absolute atomic E-state index is 0.321. The molecule has 0 aliphatic heterocycles. The molecule has 0 spiro atoms. The molecule has 1 aromatic rings. The van der Waals surface area contributed by atoms with Gasteiger partial charge in [0.25, 0.3) is 0 Å². The molecule has 1 amide bonds. The van der Waals surface area contributed by atoms with Crippen molar-refractivity contribution in [2.24, 2.45) is 5.73 Å². The largest absolute Gasteiger partial charge is 0.366 e. The lowest BCUT2D eigenvalue weighted by Gasteiger charge is -1.99. The molecule has 64 valence electrons. The molecule has 4 nitrogen and oxygen atoms in total. The molecule has 1 aromatic carbocycles. The highest BCUT2D eigenvalue weighted by molar-refractivity contribution is 6.06. The monoisotopic (exact) mass is 187 g/mol. The number of carbonyl (C=O) groups is 1. The van der Waals surface area contributed by atoms with Crippen LogP contribution in [0.2, 0.25) is 0 Å². The zero-order valence-corrected chi connectivity index (χ0v) is 6.75. The van der Waals surface area contributed by atoms with E-state index < -0.39 is 5.91 Å². The quantitative estimate of drug-likeness (QED) is 0.572. The number of halogens is 1. The predicted molar refractivity (Wildman–Crippen MR) is 42.5 cm³/mol. The van der Waals surface area contributed by atoms with Gasteiger partial charge in [-0.3, -0.25) is 4.79 Å². The van der Waals surface area contributed by atoms with Crippen molar-refractivity contribution in [1.82, 2.24) is 0 Å². The summed E-state index contributed by atoms with van der Waals surface area (Å²) in [5.74, 6) is -0.212. The molecule has 0 aromatic heterocycles. The highest BCUT2D eigenvalue weighted by atomic mass is 35.5. The second kappa shape index (κ2) is 3.94. The second-order valence-corrected chi connectivity index (χ2v) is 2.16. The van der Waals surface area contributed by atoms with Gasteiger partial charge in [0, 0.05) is 5.56 Å². The van der Waals surface area contributed by atoms with Gasteiger partial charge in [0.2, 0.25) is 5.91 Å². The lowest BCUT2D eigenvalue weighted by Crippen LogP contribution is -2.10. The van der Waals surface area contributed by atoms with Gasteiger partial charge in [0.1, 0.15) is 11.9 Å². The van der Waals surface area contributed by atoms with Crippen molar-refractivity contribution in [2.45, 2.75) is 0 Å². The molecular formula is C7H6ClNO3. The minimum atomic E-state index is -0.532. The van der Waals surface area contributed by atoms with Gasteiger partial charge in [-0.25, -0.2) is 0 Å². The number of amides is 1. The Kier molecular flexibility index (Phi) is 2.90. The van der Waals surface area contributed by atoms with Crippen molar-refractivity contribution in [3.63, 3.8) is 0 Å². The fourth-order valence-corrected chi connectivity index (χ4v) is 0.810. The Morgan fingerprint density at radius 2 is 2.25 bits per heavy atom. The van der Waals surface area contributed by atoms with Gasteiger partial charge in [0.05, 0.1) is 0 Å². The molecular weight excluding hydrogens is 182 g/mol. The minimum Gasteiger partial charge on any atom is -0.366 e. The Morgan fingerprint density at radius 1 is 1.50 bits per heavy atom. The van der Waals surface area contributed by atoms with Crippen molar-refractivity contribution in [3.8, 4) is 5.75 Å². The summed E-state index contributed by atoms with van der Waals surface area (Å²) in [5, 5.41) is 0. The third kappa shape index (κ3) is 2.11. The van der Waals surface area contributed by atoms with E-state index in [-0.39, 0.29) is 0 Å². The van der Waals surface area contributed by atoms with Gasteiger partial charge in [-0.15, -0.1) is 0 Å². The van der Waals surface area contributed by atoms with E-state index in [0.717, 1.165) is 0 Å². The zero-order valence-electron chi connectivity index (χ0n) is 5.99. The van der Waals surface area contributed by atoms with Crippen LogP contribution >= 0.6 is 11.9 Å². The summed E-state index contributed by atoms with van der Waals surface area (Å²) in [6, 6.07) is 6.16. The number of nitrogens with two attached hydrogens (primary N) is 1. The van der Waals surface area contributed by atoms with Crippen LogP contribution in [0.15, 0.2) is 24.3 Å². The first-order chi connectivity index (χ1) is 5.74. The first kappa shape index (κ1) is 8.83. The van der Waals surface area contributed by atoms with E-state index in [1.54, 1.807) is 18.2 Å². The molecule has 12 heavy (non-hydrogen) atoms. The van der Waals surface area contributed by atoms with Gasteiger partial charge < -0.3 is 10.6 Å². The number of primary amides is 1.